The third kappa shape index (κ3) is 3.00. The van der Waals surface area contributed by atoms with Crippen LogP contribution in [0.4, 0.5) is 0 Å². The Morgan fingerprint density at radius 1 is 1.04 bits per heavy atom. The van der Waals surface area contributed by atoms with Crippen LogP contribution in [0.5, 0.6) is 0 Å². The topological polar surface area (TPSA) is 182 Å². The van der Waals surface area contributed by atoms with E-state index >= 15 is 0 Å². The SMILES string of the molecule is NOS(=O)(=O)C1=C2[CH+]C=CC(S(=O)(=O)ON)=C2[CH+]C([N+](=O)[O-])=C1. The summed E-state index contributed by atoms with van der Waals surface area (Å²) < 4.78 is 55.0. The molecule has 2 rings (SSSR count). The minimum absolute atomic E-state index is 0.167. The van der Waals surface area contributed by atoms with E-state index in [1.807, 2.05) is 0 Å². The van der Waals surface area contributed by atoms with Crippen LogP contribution < -0.4 is 11.8 Å². The van der Waals surface area contributed by atoms with Crippen molar-refractivity contribution in [1.82, 2.24) is 0 Å². The zero-order valence-corrected chi connectivity index (χ0v) is 12.7. The molecule has 0 aliphatic heterocycles. The number of rotatable bonds is 5. The van der Waals surface area contributed by atoms with Crippen molar-refractivity contribution < 1.29 is 30.3 Å². The Hall–Kier alpha value is -2.16. The molecule has 0 aromatic carbocycles. The molecule has 0 amide bonds. The summed E-state index contributed by atoms with van der Waals surface area (Å²) in [4.78, 5) is 8.86. The lowest BCUT2D eigenvalue weighted by atomic mass is 9.90. The Balaban J connectivity index is 2.84. The van der Waals surface area contributed by atoms with E-state index in [-0.39, 0.29) is 11.1 Å². The van der Waals surface area contributed by atoms with Crippen LogP contribution in [0.1, 0.15) is 0 Å². The molecule has 0 saturated carbocycles. The molecule has 2 aliphatic carbocycles. The van der Waals surface area contributed by atoms with Gasteiger partial charge in [-0.15, -0.1) is 0 Å². The number of hydrogen-bond donors (Lipinski definition) is 2. The van der Waals surface area contributed by atoms with Gasteiger partial charge in [-0.1, -0.05) is 0 Å². The summed E-state index contributed by atoms with van der Waals surface area (Å²) in [5.74, 6) is 9.38. The van der Waals surface area contributed by atoms with E-state index in [1.54, 1.807) is 0 Å². The van der Waals surface area contributed by atoms with Gasteiger partial charge in [-0.3, -0.25) is 10.1 Å². The van der Waals surface area contributed by atoms with Crippen LogP contribution in [0.15, 0.2) is 44.9 Å². The molecule has 0 radical (unpaired) electrons. The highest BCUT2D eigenvalue weighted by atomic mass is 32.2. The molecule has 0 saturated heterocycles. The van der Waals surface area contributed by atoms with Crippen LogP contribution in [0.2, 0.25) is 0 Å². The number of fused-ring (bicyclic) bond motifs is 1. The van der Waals surface area contributed by atoms with Crippen LogP contribution in [-0.2, 0) is 28.8 Å². The third-order valence-electron chi connectivity index (χ3n) is 2.91. The van der Waals surface area contributed by atoms with Crippen molar-refractivity contribution in [3.05, 3.63) is 67.8 Å². The van der Waals surface area contributed by atoms with Crippen molar-refractivity contribution in [1.29, 1.82) is 0 Å². The average Bonchev–Trinajstić information content (AvgIpc) is 2.52. The van der Waals surface area contributed by atoms with Gasteiger partial charge in [0.2, 0.25) is 11.1 Å². The molecular formula is C10H9N3O8S2+2. The minimum Gasteiger partial charge on any atom is -0.257 e. The third-order valence-corrected chi connectivity index (χ3v) is 5.18. The highest BCUT2D eigenvalue weighted by Crippen LogP contribution is 2.39. The van der Waals surface area contributed by atoms with Crippen molar-refractivity contribution in [3.63, 3.8) is 0 Å². The maximum absolute atomic E-state index is 11.8. The number of allylic oxidation sites excluding steroid dienone is 5. The van der Waals surface area contributed by atoms with Crippen LogP contribution in [0, 0.1) is 23.0 Å². The molecule has 0 atom stereocenters. The second kappa shape index (κ2) is 5.80. The first kappa shape index (κ1) is 17.2. The highest BCUT2D eigenvalue weighted by molar-refractivity contribution is 7.91. The highest BCUT2D eigenvalue weighted by Gasteiger charge is 2.50. The first-order valence-electron chi connectivity index (χ1n) is 5.62. The van der Waals surface area contributed by atoms with Gasteiger partial charge in [0.15, 0.2) is 12.5 Å². The normalized spacial score (nSPS) is 18.1. The molecule has 0 bridgehead atoms. The fourth-order valence-electron chi connectivity index (χ4n) is 1.94. The Morgan fingerprint density at radius 3 is 2.13 bits per heavy atom. The summed E-state index contributed by atoms with van der Waals surface area (Å²) in [6.45, 7) is 0. The van der Waals surface area contributed by atoms with E-state index in [4.69, 9.17) is 5.90 Å². The largest absolute Gasteiger partial charge is 0.369 e. The molecule has 122 valence electrons. The Labute approximate surface area is 130 Å². The van der Waals surface area contributed by atoms with E-state index in [1.165, 1.54) is 12.5 Å². The van der Waals surface area contributed by atoms with Crippen molar-refractivity contribution in [3.8, 4) is 0 Å². The van der Waals surface area contributed by atoms with Gasteiger partial charge in [0.05, 0.1) is 17.4 Å². The number of nitrogens with zero attached hydrogens (tertiary/aromatic N) is 1. The van der Waals surface area contributed by atoms with Gasteiger partial charge in [-0.2, -0.15) is 37.2 Å². The van der Waals surface area contributed by atoms with Crippen molar-refractivity contribution >= 4 is 20.2 Å². The summed E-state index contributed by atoms with van der Waals surface area (Å²) in [5, 5.41) is 11.0. The van der Waals surface area contributed by atoms with E-state index in [2.05, 4.69) is 14.5 Å². The monoisotopic (exact) mass is 363 g/mol. The summed E-state index contributed by atoms with van der Waals surface area (Å²) in [7, 11) is -8.99. The van der Waals surface area contributed by atoms with Crippen LogP contribution in [0.25, 0.3) is 0 Å². The van der Waals surface area contributed by atoms with Gasteiger partial charge < -0.3 is 0 Å². The number of hydrogen-bond acceptors (Lipinski definition) is 10. The van der Waals surface area contributed by atoms with Crippen molar-refractivity contribution in [2.45, 2.75) is 0 Å². The van der Waals surface area contributed by atoms with Gasteiger partial charge in [0.1, 0.15) is 0 Å². The lowest BCUT2D eigenvalue weighted by molar-refractivity contribution is -0.421. The van der Waals surface area contributed by atoms with Crippen molar-refractivity contribution in [2.24, 2.45) is 11.8 Å². The predicted octanol–water partition coefficient (Wildman–Crippen LogP) is -0.913. The molecule has 0 fully saturated rings. The standard InChI is InChI=1S/C10H9N3O8S2/c11-20-22(16,17)9-3-1-2-7-8(9)4-6(13(14)15)5-10(7)23(18,19)21-12/h1-5H,11-12H2/q+2. The average molecular weight is 363 g/mol. The van der Waals surface area contributed by atoms with E-state index in [0.717, 1.165) is 12.5 Å². The second-order valence-corrected chi connectivity index (χ2v) is 7.23. The Bertz CT molecular complexity index is 892. The number of nitro groups is 1. The molecule has 11 nitrogen and oxygen atoms in total. The molecular weight excluding hydrogens is 354 g/mol. The summed E-state index contributed by atoms with van der Waals surface area (Å²) in [5.41, 5.74) is -1.14. The predicted molar refractivity (Wildman–Crippen MR) is 75.3 cm³/mol. The molecule has 2 aliphatic rings. The smallest absolute Gasteiger partial charge is 0.257 e. The lowest BCUT2D eigenvalue weighted by Gasteiger charge is -2.09. The molecule has 0 heterocycles. The minimum atomic E-state index is -4.54. The van der Waals surface area contributed by atoms with Gasteiger partial charge in [-0.05, 0) is 0 Å². The number of nitrogens with two attached hydrogens (primary N) is 2. The zero-order valence-electron chi connectivity index (χ0n) is 11.1. The summed E-state index contributed by atoms with van der Waals surface area (Å²) in [6.07, 6.45) is 5.05. The van der Waals surface area contributed by atoms with Gasteiger partial charge in [0.25, 0.3) is 9.81 Å². The van der Waals surface area contributed by atoms with E-state index in [0.29, 0.717) is 6.08 Å². The molecule has 0 aromatic rings. The molecule has 23 heavy (non-hydrogen) atoms. The van der Waals surface area contributed by atoms with Crippen molar-refractivity contribution in [2.75, 3.05) is 0 Å². The molecule has 0 unspecified atom stereocenters. The fourth-order valence-corrected chi connectivity index (χ4v) is 3.55. The van der Waals surface area contributed by atoms with E-state index in [9.17, 15) is 26.9 Å². The fraction of sp³-hybridized carbons (Fsp3) is 0. The Morgan fingerprint density at radius 2 is 1.61 bits per heavy atom. The maximum atomic E-state index is 11.8. The summed E-state index contributed by atoms with van der Waals surface area (Å²) in [6, 6.07) is 0. The van der Waals surface area contributed by atoms with Crippen LogP contribution in [0.3, 0.4) is 0 Å². The first-order chi connectivity index (χ1) is 10.6. The molecule has 0 aromatic heterocycles. The van der Waals surface area contributed by atoms with Crippen LogP contribution in [-0.4, -0.2) is 21.8 Å². The van der Waals surface area contributed by atoms with E-state index < -0.39 is 40.7 Å². The first-order valence-corrected chi connectivity index (χ1v) is 8.43. The zero-order chi connectivity index (χ0) is 17.4. The quantitative estimate of drug-likeness (QED) is 0.352. The summed E-state index contributed by atoms with van der Waals surface area (Å²) >= 11 is 0. The molecule has 0 spiro atoms. The van der Waals surface area contributed by atoms with Crippen LogP contribution >= 0.6 is 0 Å². The molecule has 4 N–H and O–H groups in total. The molecule has 13 heteroatoms. The maximum Gasteiger partial charge on any atom is 0.369 e. The van der Waals surface area contributed by atoms with Gasteiger partial charge in [0, 0.05) is 6.08 Å². The van der Waals surface area contributed by atoms with Gasteiger partial charge in [-0.25, -0.2) is 0 Å². The van der Waals surface area contributed by atoms with Gasteiger partial charge >= 0.3 is 25.9 Å². The lowest BCUT2D eigenvalue weighted by Crippen LogP contribution is -2.23. The second-order valence-electron chi connectivity index (χ2n) is 4.15. The Kier molecular flexibility index (Phi) is 4.34.